The van der Waals surface area contributed by atoms with Crippen LogP contribution >= 0.6 is 11.6 Å². The SMILES string of the molecule is COc1ccc(C2C(S(=O)(=O)c3ccc(Cl)cc3)C2(CN)C(=O)O)cc1. The average Bonchev–Trinajstić information content (AvgIpc) is 3.34. The van der Waals surface area contributed by atoms with Crippen LogP contribution in [-0.2, 0) is 14.6 Å². The highest BCUT2D eigenvalue weighted by Gasteiger charge is 2.75. The molecule has 1 aliphatic carbocycles. The van der Waals surface area contributed by atoms with E-state index in [1.165, 1.54) is 31.4 Å². The molecule has 1 saturated carbocycles. The molecule has 3 N–H and O–H groups in total. The molecule has 3 unspecified atom stereocenters. The largest absolute Gasteiger partial charge is 0.497 e. The highest BCUT2D eigenvalue weighted by molar-refractivity contribution is 7.92. The Kier molecular flexibility index (Phi) is 4.72. The molecule has 0 aromatic heterocycles. The maximum atomic E-state index is 13.1. The molecule has 26 heavy (non-hydrogen) atoms. The first kappa shape index (κ1) is 18.7. The summed E-state index contributed by atoms with van der Waals surface area (Å²) in [5, 5.41) is 9.02. The zero-order chi connectivity index (χ0) is 19.1. The van der Waals surface area contributed by atoms with E-state index in [0.29, 0.717) is 16.3 Å². The lowest BCUT2D eigenvalue weighted by Crippen LogP contribution is -2.31. The second-order valence-corrected chi connectivity index (χ2v) is 8.73. The lowest BCUT2D eigenvalue weighted by Gasteiger charge is -2.10. The van der Waals surface area contributed by atoms with Crippen molar-refractivity contribution in [1.29, 1.82) is 0 Å². The number of hydrogen-bond donors (Lipinski definition) is 2. The summed E-state index contributed by atoms with van der Waals surface area (Å²) in [6, 6.07) is 12.4. The van der Waals surface area contributed by atoms with Gasteiger partial charge in [0, 0.05) is 17.5 Å². The third kappa shape index (κ3) is 2.76. The van der Waals surface area contributed by atoms with Gasteiger partial charge in [-0.05, 0) is 42.0 Å². The van der Waals surface area contributed by atoms with Gasteiger partial charge in [0.1, 0.15) is 11.2 Å². The Hall–Kier alpha value is -2.09. The number of carboxylic acid groups (broad SMARTS) is 1. The molecule has 3 rings (SSSR count). The first-order valence-corrected chi connectivity index (χ1v) is 9.78. The van der Waals surface area contributed by atoms with Crippen LogP contribution in [0.5, 0.6) is 5.75 Å². The quantitative estimate of drug-likeness (QED) is 0.777. The van der Waals surface area contributed by atoms with Crippen molar-refractivity contribution in [3.05, 3.63) is 59.1 Å². The number of carboxylic acids is 1. The number of benzene rings is 2. The number of sulfone groups is 1. The number of carbonyl (C=O) groups is 1. The normalized spacial score (nSPS) is 24.9. The Labute approximate surface area is 156 Å². The van der Waals surface area contributed by atoms with Crippen LogP contribution in [0.15, 0.2) is 53.4 Å². The summed E-state index contributed by atoms with van der Waals surface area (Å²) in [4.78, 5) is 12.0. The Morgan fingerprint density at radius 3 is 2.23 bits per heavy atom. The maximum absolute atomic E-state index is 13.1. The molecule has 0 bridgehead atoms. The lowest BCUT2D eigenvalue weighted by molar-refractivity contribution is -0.143. The Morgan fingerprint density at radius 1 is 1.19 bits per heavy atom. The summed E-state index contributed by atoms with van der Waals surface area (Å²) in [5.74, 6) is -1.36. The van der Waals surface area contributed by atoms with Gasteiger partial charge in [0.25, 0.3) is 0 Å². The minimum atomic E-state index is -3.91. The fourth-order valence-electron chi connectivity index (χ4n) is 3.50. The van der Waals surface area contributed by atoms with Gasteiger partial charge >= 0.3 is 5.97 Å². The second kappa shape index (κ2) is 6.57. The fourth-order valence-corrected chi connectivity index (χ4v) is 6.01. The van der Waals surface area contributed by atoms with Crippen molar-refractivity contribution < 1.29 is 23.1 Å². The molecule has 0 radical (unpaired) electrons. The van der Waals surface area contributed by atoms with E-state index >= 15 is 0 Å². The van der Waals surface area contributed by atoms with Crippen molar-refractivity contribution in [2.75, 3.05) is 13.7 Å². The molecule has 2 aromatic carbocycles. The standard InChI is InChI=1S/C18H18ClNO5S/c1-25-13-6-2-11(3-7-13)15-16(18(15,10-20)17(21)22)26(23,24)14-8-4-12(19)5-9-14/h2-9,15-16H,10,20H2,1H3,(H,21,22). The van der Waals surface area contributed by atoms with Crippen LogP contribution in [-0.4, -0.2) is 38.4 Å². The van der Waals surface area contributed by atoms with Gasteiger partial charge in [0.2, 0.25) is 0 Å². The summed E-state index contributed by atoms with van der Waals surface area (Å²) >= 11 is 5.82. The molecule has 3 atom stereocenters. The minimum absolute atomic E-state index is 0.0296. The van der Waals surface area contributed by atoms with Crippen molar-refractivity contribution in [1.82, 2.24) is 0 Å². The molecular weight excluding hydrogens is 378 g/mol. The van der Waals surface area contributed by atoms with Gasteiger partial charge in [0.15, 0.2) is 9.84 Å². The summed E-state index contributed by atoms with van der Waals surface area (Å²) in [6.45, 7) is -0.281. The molecule has 0 saturated heterocycles. The third-order valence-corrected chi connectivity index (χ3v) is 7.49. The van der Waals surface area contributed by atoms with E-state index in [4.69, 9.17) is 22.1 Å². The van der Waals surface area contributed by atoms with Gasteiger partial charge in [-0.2, -0.15) is 0 Å². The Bertz CT molecular complexity index is 927. The van der Waals surface area contributed by atoms with E-state index in [2.05, 4.69) is 0 Å². The Morgan fingerprint density at radius 2 is 1.77 bits per heavy atom. The maximum Gasteiger partial charge on any atom is 0.312 e. The van der Waals surface area contributed by atoms with Gasteiger partial charge in [-0.15, -0.1) is 0 Å². The van der Waals surface area contributed by atoms with Gasteiger partial charge in [-0.3, -0.25) is 4.79 Å². The summed E-state index contributed by atoms with van der Waals surface area (Å²) in [5.41, 5.74) is 4.79. The smallest absolute Gasteiger partial charge is 0.312 e. The number of hydrogen-bond acceptors (Lipinski definition) is 5. The fraction of sp³-hybridized carbons (Fsp3) is 0.278. The van der Waals surface area contributed by atoms with Gasteiger partial charge in [-0.25, -0.2) is 8.42 Å². The van der Waals surface area contributed by atoms with Gasteiger partial charge in [0.05, 0.1) is 17.3 Å². The van der Waals surface area contributed by atoms with Crippen LogP contribution < -0.4 is 10.5 Å². The van der Waals surface area contributed by atoms with Crippen LogP contribution in [0.25, 0.3) is 0 Å². The topological polar surface area (TPSA) is 107 Å². The van der Waals surface area contributed by atoms with E-state index in [1.807, 2.05) is 0 Å². The zero-order valence-electron chi connectivity index (χ0n) is 13.9. The average molecular weight is 396 g/mol. The van der Waals surface area contributed by atoms with Crippen molar-refractivity contribution in [3.8, 4) is 5.75 Å². The molecule has 0 amide bonds. The predicted molar refractivity (Wildman–Crippen MR) is 97.3 cm³/mol. The third-order valence-electron chi connectivity index (χ3n) is 4.94. The zero-order valence-corrected chi connectivity index (χ0v) is 15.5. The van der Waals surface area contributed by atoms with E-state index < -0.39 is 32.4 Å². The summed E-state index contributed by atoms with van der Waals surface area (Å²) in [6.07, 6.45) is 0. The summed E-state index contributed by atoms with van der Waals surface area (Å²) < 4.78 is 31.3. The molecule has 1 aliphatic rings. The molecular formula is C18H18ClNO5S. The Balaban J connectivity index is 2.08. The number of ether oxygens (including phenoxy) is 1. The number of methoxy groups -OCH3 is 1. The van der Waals surface area contributed by atoms with E-state index in [1.54, 1.807) is 24.3 Å². The molecule has 6 nitrogen and oxygen atoms in total. The molecule has 2 aromatic rings. The van der Waals surface area contributed by atoms with Gasteiger partial charge < -0.3 is 15.6 Å². The molecule has 1 fully saturated rings. The van der Waals surface area contributed by atoms with E-state index in [-0.39, 0.29) is 11.4 Å². The van der Waals surface area contributed by atoms with Crippen LogP contribution in [0, 0.1) is 5.41 Å². The molecule has 138 valence electrons. The first-order chi connectivity index (χ1) is 12.3. The van der Waals surface area contributed by atoms with Crippen molar-refractivity contribution in [2.45, 2.75) is 16.1 Å². The second-order valence-electron chi connectivity index (χ2n) is 6.22. The van der Waals surface area contributed by atoms with Crippen molar-refractivity contribution in [2.24, 2.45) is 11.1 Å². The minimum Gasteiger partial charge on any atom is -0.497 e. The number of nitrogens with two attached hydrogens (primary N) is 1. The highest BCUT2D eigenvalue weighted by atomic mass is 35.5. The van der Waals surface area contributed by atoms with E-state index in [0.717, 1.165) is 0 Å². The molecule has 0 aliphatic heterocycles. The first-order valence-electron chi connectivity index (χ1n) is 7.86. The molecule has 0 heterocycles. The van der Waals surface area contributed by atoms with Crippen LogP contribution in [0.2, 0.25) is 5.02 Å². The molecule has 8 heteroatoms. The number of rotatable bonds is 6. The van der Waals surface area contributed by atoms with Crippen molar-refractivity contribution >= 4 is 27.4 Å². The van der Waals surface area contributed by atoms with Crippen LogP contribution in [0.1, 0.15) is 11.5 Å². The van der Waals surface area contributed by atoms with Crippen LogP contribution in [0.3, 0.4) is 0 Å². The predicted octanol–water partition coefficient (Wildman–Crippen LogP) is 2.32. The number of aliphatic carboxylic acids is 1. The summed E-state index contributed by atoms with van der Waals surface area (Å²) in [7, 11) is -2.40. The lowest BCUT2D eigenvalue weighted by atomic mass is 9.99. The highest BCUT2D eigenvalue weighted by Crippen LogP contribution is 2.63. The monoisotopic (exact) mass is 395 g/mol. The molecule has 0 spiro atoms. The van der Waals surface area contributed by atoms with Crippen LogP contribution in [0.4, 0.5) is 0 Å². The van der Waals surface area contributed by atoms with Gasteiger partial charge in [-0.1, -0.05) is 23.7 Å². The van der Waals surface area contributed by atoms with Crippen molar-refractivity contribution in [3.63, 3.8) is 0 Å². The number of halogens is 1. The van der Waals surface area contributed by atoms with E-state index in [9.17, 15) is 18.3 Å².